The highest BCUT2D eigenvalue weighted by atomic mass is 35.5. The molecular formula is C31H30ClN5O. The molecule has 0 bridgehead atoms. The predicted octanol–water partition coefficient (Wildman–Crippen LogP) is 4.98. The first-order valence-corrected chi connectivity index (χ1v) is 13.7. The highest BCUT2D eigenvalue weighted by Gasteiger charge is 2.28. The van der Waals surface area contributed by atoms with Gasteiger partial charge < -0.3 is 10.2 Å². The molecule has 4 aromatic rings. The van der Waals surface area contributed by atoms with Crippen LogP contribution in [0.1, 0.15) is 48.4 Å². The molecule has 38 heavy (non-hydrogen) atoms. The Balaban J connectivity index is 1.20. The van der Waals surface area contributed by atoms with Gasteiger partial charge in [0.05, 0.1) is 5.39 Å². The minimum absolute atomic E-state index is 0.0543. The topological polar surface area (TPSA) is 63.1 Å². The zero-order valence-corrected chi connectivity index (χ0v) is 22.0. The quantitative estimate of drug-likeness (QED) is 0.361. The van der Waals surface area contributed by atoms with Gasteiger partial charge >= 0.3 is 0 Å². The largest absolute Gasteiger partial charge is 0.341 e. The fourth-order valence-corrected chi connectivity index (χ4v) is 5.30. The van der Waals surface area contributed by atoms with Gasteiger partial charge in [0.25, 0.3) is 5.56 Å². The molecule has 2 fully saturated rings. The van der Waals surface area contributed by atoms with Crippen LogP contribution in [-0.2, 0) is 6.42 Å². The molecule has 0 radical (unpaired) electrons. The van der Waals surface area contributed by atoms with Crippen molar-refractivity contribution in [1.82, 2.24) is 19.9 Å². The van der Waals surface area contributed by atoms with Crippen LogP contribution in [0.15, 0.2) is 71.7 Å². The van der Waals surface area contributed by atoms with Gasteiger partial charge in [0.1, 0.15) is 5.65 Å². The highest BCUT2D eigenvalue weighted by molar-refractivity contribution is 6.30. The van der Waals surface area contributed by atoms with Crippen LogP contribution >= 0.6 is 11.6 Å². The Kier molecular flexibility index (Phi) is 7.13. The summed E-state index contributed by atoms with van der Waals surface area (Å²) in [6.07, 6.45) is 6.95. The molecule has 2 aromatic heterocycles. The van der Waals surface area contributed by atoms with E-state index in [-0.39, 0.29) is 11.6 Å². The molecule has 1 N–H and O–H groups in total. The second kappa shape index (κ2) is 11.0. The van der Waals surface area contributed by atoms with Crippen LogP contribution in [0, 0.1) is 11.8 Å². The van der Waals surface area contributed by atoms with Crippen LogP contribution in [0.5, 0.6) is 0 Å². The van der Waals surface area contributed by atoms with E-state index in [1.165, 1.54) is 5.56 Å². The van der Waals surface area contributed by atoms with E-state index in [1.807, 2.05) is 35.0 Å². The van der Waals surface area contributed by atoms with Crippen LogP contribution in [0.3, 0.4) is 0 Å². The van der Waals surface area contributed by atoms with Crippen molar-refractivity contribution in [1.29, 1.82) is 0 Å². The summed E-state index contributed by atoms with van der Waals surface area (Å²) in [6, 6.07) is 20.3. The third-order valence-electron chi connectivity index (χ3n) is 7.32. The molecule has 0 spiro atoms. The van der Waals surface area contributed by atoms with Gasteiger partial charge in [-0.15, -0.1) is 0 Å². The number of benzene rings is 2. The van der Waals surface area contributed by atoms with Crippen molar-refractivity contribution in [3.05, 3.63) is 98.9 Å². The Morgan fingerprint density at radius 2 is 1.79 bits per heavy atom. The van der Waals surface area contributed by atoms with Gasteiger partial charge in [-0.25, -0.2) is 4.98 Å². The Morgan fingerprint density at radius 3 is 2.55 bits per heavy atom. The summed E-state index contributed by atoms with van der Waals surface area (Å²) in [6.45, 7) is 2.75. The average molecular weight is 524 g/mol. The van der Waals surface area contributed by atoms with E-state index >= 15 is 0 Å². The second-order valence-corrected chi connectivity index (χ2v) is 10.6. The van der Waals surface area contributed by atoms with Gasteiger partial charge in [0.2, 0.25) is 5.95 Å². The number of hydrogen-bond acceptors (Lipinski definition) is 5. The number of aromatic nitrogens is 3. The lowest BCUT2D eigenvalue weighted by Gasteiger charge is -2.32. The molecule has 0 unspecified atom stereocenters. The van der Waals surface area contributed by atoms with Crippen LogP contribution in [0.4, 0.5) is 5.95 Å². The number of nitrogens with one attached hydrogen (secondary N) is 1. The second-order valence-electron chi connectivity index (χ2n) is 10.1. The van der Waals surface area contributed by atoms with Gasteiger partial charge in [-0.1, -0.05) is 59.8 Å². The lowest BCUT2D eigenvalue weighted by Crippen LogP contribution is -2.43. The number of fused-ring (bicyclic) bond motifs is 1. The first-order valence-electron chi connectivity index (χ1n) is 13.4. The number of pyridine rings is 1. The monoisotopic (exact) mass is 523 g/mol. The standard InChI is InChI=1S/C31H30ClN5O/c32-25-8-4-7-23(19-25)9-10-24-20-29(38)37(27-11-12-27)30-28(24)21-34-31(35-30)36-17-14-26(15-18-36)33-16-13-22-5-2-1-3-6-22/h1-8,19-21,26-27,33H,11-18H2. The molecule has 192 valence electrons. The van der Waals surface area contributed by atoms with E-state index in [0.717, 1.165) is 62.7 Å². The molecule has 2 aromatic carbocycles. The van der Waals surface area contributed by atoms with Crippen LogP contribution < -0.4 is 15.8 Å². The molecule has 1 saturated heterocycles. The van der Waals surface area contributed by atoms with Gasteiger partial charge in [-0.3, -0.25) is 9.36 Å². The molecule has 0 atom stereocenters. The van der Waals surface area contributed by atoms with Crippen molar-refractivity contribution in [2.24, 2.45) is 0 Å². The van der Waals surface area contributed by atoms with E-state index in [1.54, 1.807) is 6.07 Å². The first-order chi connectivity index (χ1) is 18.6. The van der Waals surface area contributed by atoms with Gasteiger partial charge in [0.15, 0.2) is 0 Å². The van der Waals surface area contributed by atoms with E-state index in [0.29, 0.717) is 28.2 Å². The smallest absolute Gasteiger partial charge is 0.253 e. The lowest BCUT2D eigenvalue weighted by atomic mass is 10.0. The van der Waals surface area contributed by atoms with Gasteiger partial charge in [-0.05, 0) is 62.4 Å². The Labute approximate surface area is 227 Å². The van der Waals surface area contributed by atoms with Crippen molar-refractivity contribution in [3.63, 3.8) is 0 Å². The summed E-state index contributed by atoms with van der Waals surface area (Å²) in [4.78, 5) is 25.0. The minimum atomic E-state index is -0.0543. The molecule has 1 aliphatic carbocycles. The molecule has 6 rings (SSSR count). The molecule has 1 aliphatic heterocycles. The number of hydrogen-bond donors (Lipinski definition) is 1. The molecule has 2 aliphatic rings. The summed E-state index contributed by atoms with van der Waals surface area (Å²) in [5.41, 5.74) is 3.44. The Bertz CT molecular complexity index is 1560. The maximum Gasteiger partial charge on any atom is 0.253 e. The normalized spacial score (nSPS) is 15.9. The Morgan fingerprint density at radius 1 is 0.974 bits per heavy atom. The third-order valence-corrected chi connectivity index (χ3v) is 7.56. The highest BCUT2D eigenvalue weighted by Crippen LogP contribution is 2.36. The van der Waals surface area contributed by atoms with E-state index in [2.05, 4.69) is 52.4 Å². The number of nitrogens with zero attached hydrogens (tertiary/aromatic N) is 4. The first kappa shape index (κ1) is 24.7. The zero-order valence-electron chi connectivity index (χ0n) is 21.2. The maximum absolute atomic E-state index is 13.1. The maximum atomic E-state index is 13.1. The van der Waals surface area contributed by atoms with Gasteiger partial charge in [0, 0.05) is 53.6 Å². The molecule has 3 heterocycles. The van der Waals surface area contributed by atoms with Crippen LogP contribution in [-0.4, -0.2) is 40.2 Å². The van der Waals surface area contributed by atoms with E-state index in [9.17, 15) is 4.79 Å². The van der Waals surface area contributed by atoms with E-state index < -0.39 is 0 Å². The number of rotatable bonds is 6. The number of piperidine rings is 1. The van der Waals surface area contributed by atoms with Crippen molar-refractivity contribution in [3.8, 4) is 11.8 Å². The van der Waals surface area contributed by atoms with Gasteiger partial charge in [-0.2, -0.15) is 4.98 Å². The molecule has 7 heteroatoms. The molecular weight excluding hydrogens is 494 g/mol. The van der Waals surface area contributed by atoms with Crippen LogP contribution in [0.25, 0.3) is 11.0 Å². The SMILES string of the molecule is O=c1cc(C#Cc2cccc(Cl)c2)c2cnc(N3CCC(NCCc4ccccc4)CC3)nc2n1C1CC1. The number of halogens is 1. The minimum Gasteiger partial charge on any atom is -0.341 e. The predicted molar refractivity (Wildman–Crippen MR) is 153 cm³/mol. The van der Waals surface area contributed by atoms with Crippen LogP contribution in [0.2, 0.25) is 5.02 Å². The summed E-state index contributed by atoms with van der Waals surface area (Å²) < 4.78 is 1.84. The number of anilines is 1. The Hall–Kier alpha value is -3.66. The molecule has 1 saturated carbocycles. The third kappa shape index (κ3) is 5.60. The van der Waals surface area contributed by atoms with Crippen molar-refractivity contribution < 1.29 is 0 Å². The average Bonchev–Trinajstić information content (AvgIpc) is 3.78. The fourth-order valence-electron chi connectivity index (χ4n) is 5.11. The van der Waals surface area contributed by atoms with Crippen molar-refractivity contribution >= 4 is 28.6 Å². The zero-order chi connectivity index (χ0) is 25.9. The molecule has 0 amide bonds. The summed E-state index contributed by atoms with van der Waals surface area (Å²) in [5, 5.41) is 5.16. The summed E-state index contributed by atoms with van der Waals surface area (Å²) in [7, 11) is 0. The molecule has 6 nitrogen and oxygen atoms in total. The summed E-state index contributed by atoms with van der Waals surface area (Å²) in [5.74, 6) is 7.00. The van der Waals surface area contributed by atoms with E-state index in [4.69, 9.17) is 21.6 Å². The summed E-state index contributed by atoms with van der Waals surface area (Å²) >= 11 is 6.11. The fraction of sp³-hybridized carbons (Fsp3) is 0.323. The van der Waals surface area contributed by atoms with Crippen molar-refractivity contribution in [2.45, 2.75) is 44.2 Å². The van der Waals surface area contributed by atoms with Crippen molar-refractivity contribution in [2.75, 3.05) is 24.5 Å². The lowest BCUT2D eigenvalue weighted by molar-refractivity contribution is 0.415.